The van der Waals surface area contributed by atoms with E-state index in [0.29, 0.717) is 13.1 Å². The molecule has 8 nitrogen and oxygen atoms in total. The molecule has 2 N–H and O–H groups in total. The number of anilines is 1. The van der Waals surface area contributed by atoms with Crippen LogP contribution in [-0.2, 0) is 27.5 Å². The lowest BCUT2D eigenvalue weighted by molar-refractivity contribution is -0.138. The van der Waals surface area contributed by atoms with E-state index in [-0.39, 0.29) is 30.6 Å². The molecular formula is C17H18N4O4. The Morgan fingerprint density at radius 3 is 2.72 bits per heavy atom. The molecule has 0 bridgehead atoms. The van der Waals surface area contributed by atoms with E-state index in [0.717, 1.165) is 5.56 Å². The zero-order chi connectivity index (χ0) is 17.8. The third-order valence-corrected chi connectivity index (χ3v) is 3.99. The Hall–Kier alpha value is -3.16. The molecule has 2 aromatic rings. The maximum atomic E-state index is 12.3. The van der Waals surface area contributed by atoms with Crippen LogP contribution in [0.15, 0.2) is 42.6 Å². The molecule has 0 aliphatic carbocycles. The van der Waals surface area contributed by atoms with Crippen LogP contribution in [0.25, 0.3) is 0 Å². The molecule has 1 atom stereocenters. The lowest BCUT2D eigenvalue weighted by Crippen LogP contribution is -2.28. The number of rotatable bonds is 6. The number of carboxylic acids is 1. The molecule has 1 aromatic heterocycles. The van der Waals surface area contributed by atoms with Crippen LogP contribution in [0, 0.1) is 5.92 Å². The van der Waals surface area contributed by atoms with Gasteiger partial charge in [0.25, 0.3) is 0 Å². The first-order chi connectivity index (χ1) is 12.0. The van der Waals surface area contributed by atoms with Crippen molar-refractivity contribution in [1.29, 1.82) is 0 Å². The van der Waals surface area contributed by atoms with Gasteiger partial charge in [0.1, 0.15) is 6.54 Å². The molecule has 0 unspecified atom stereocenters. The van der Waals surface area contributed by atoms with E-state index in [2.05, 4.69) is 10.4 Å². The summed E-state index contributed by atoms with van der Waals surface area (Å²) in [5, 5.41) is 15.3. The van der Waals surface area contributed by atoms with E-state index in [1.54, 1.807) is 4.90 Å². The van der Waals surface area contributed by atoms with Crippen molar-refractivity contribution in [3.05, 3.63) is 48.2 Å². The van der Waals surface area contributed by atoms with Gasteiger partial charge in [-0.25, -0.2) is 0 Å². The number of hydrogen-bond acceptors (Lipinski definition) is 4. The monoisotopic (exact) mass is 342 g/mol. The maximum absolute atomic E-state index is 12.3. The quantitative estimate of drug-likeness (QED) is 0.813. The number of benzene rings is 1. The summed E-state index contributed by atoms with van der Waals surface area (Å²) in [6, 6.07) is 11.1. The zero-order valence-corrected chi connectivity index (χ0v) is 13.5. The first-order valence-electron chi connectivity index (χ1n) is 7.89. The lowest BCUT2D eigenvalue weighted by Gasteiger charge is -2.16. The predicted octanol–water partition coefficient (Wildman–Crippen LogP) is 0.955. The molecule has 1 aliphatic rings. The number of carboxylic acid groups (broad SMARTS) is 1. The molecule has 0 spiro atoms. The maximum Gasteiger partial charge on any atom is 0.325 e. The van der Waals surface area contributed by atoms with Gasteiger partial charge in [-0.05, 0) is 5.56 Å². The van der Waals surface area contributed by atoms with Crippen molar-refractivity contribution in [3.63, 3.8) is 0 Å². The molecular weight excluding hydrogens is 324 g/mol. The highest BCUT2D eigenvalue weighted by Crippen LogP contribution is 2.21. The minimum absolute atomic E-state index is 0.0552. The van der Waals surface area contributed by atoms with Gasteiger partial charge in [-0.15, -0.1) is 0 Å². The van der Waals surface area contributed by atoms with Gasteiger partial charge < -0.3 is 15.3 Å². The van der Waals surface area contributed by atoms with Crippen LogP contribution in [0.2, 0.25) is 0 Å². The van der Waals surface area contributed by atoms with Gasteiger partial charge in [0.15, 0.2) is 5.82 Å². The highest BCUT2D eigenvalue weighted by molar-refractivity contribution is 5.96. The first-order valence-corrected chi connectivity index (χ1v) is 7.89. The fourth-order valence-corrected chi connectivity index (χ4v) is 2.79. The number of carbonyl (C=O) groups excluding carboxylic acids is 2. The molecule has 1 aliphatic heterocycles. The van der Waals surface area contributed by atoms with E-state index in [9.17, 15) is 14.4 Å². The zero-order valence-electron chi connectivity index (χ0n) is 13.5. The molecule has 1 fully saturated rings. The van der Waals surface area contributed by atoms with E-state index in [1.165, 1.54) is 16.9 Å². The Morgan fingerprint density at radius 1 is 1.24 bits per heavy atom. The number of carbonyl (C=O) groups is 3. The molecule has 1 saturated heterocycles. The Balaban J connectivity index is 1.57. The average molecular weight is 342 g/mol. The van der Waals surface area contributed by atoms with E-state index >= 15 is 0 Å². The Labute approximate surface area is 144 Å². The number of hydrogen-bond donors (Lipinski definition) is 2. The normalized spacial score (nSPS) is 16.9. The van der Waals surface area contributed by atoms with Gasteiger partial charge in [0, 0.05) is 31.8 Å². The fourth-order valence-electron chi connectivity index (χ4n) is 2.79. The number of aromatic nitrogens is 2. The predicted molar refractivity (Wildman–Crippen MR) is 88.5 cm³/mol. The van der Waals surface area contributed by atoms with Crippen LogP contribution >= 0.6 is 0 Å². The second-order valence-electron chi connectivity index (χ2n) is 5.94. The molecule has 8 heteroatoms. The van der Waals surface area contributed by atoms with Crippen LogP contribution in [0.5, 0.6) is 0 Å². The summed E-state index contributed by atoms with van der Waals surface area (Å²) in [7, 11) is 0. The van der Waals surface area contributed by atoms with Gasteiger partial charge in [0.05, 0.1) is 5.92 Å². The van der Waals surface area contributed by atoms with Crippen molar-refractivity contribution < 1.29 is 19.5 Å². The van der Waals surface area contributed by atoms with Crippen LogP contribution < -0.4 is 5.32 Å². The molecule has 2 heterocycles. The number of amides is 2. The highest BCUT2D eigenvalue weighted by Gasteiger charge is 2.34. The summed E-state index contributed by atoms with van der Waals surface area (Å²) in [5.74, 6) is -1.52. The first kappa shape index (κ1) is 16.7. The molecule has 2 amide bonds. The van der Waals surface area contributed by atoms with Gasteiger partial charge in [-0.3, -0.25) is 19.1 Å². The minimum atomic E-state index is -1.01. The summed E-state index contributed by atoms with van der Waals surface area (Å²) in [6.45, 7) is 0.564. The summed E-state index contributed by atoms with van der Waals surface area (Å²) < 4.78 is 1.22. The van der Waals surface area contributed by atoms with E-state index < -0.39 is 11.9 Å². The van der Waals surface area contributed by atoms with Gasteiger partial charge in [-0.1, -0.05) is 30.3 Å². The highest BCUT2D eigenvalue weighted by atomic mass is 16.4. The molecule has 130 valence electrons. The molecule has 0 saturated carbocycles. The number of nitrogens with zero attached hydrogens (tertiary/aromatic N) is 3. The second-order valence-corrected chi connectivity index (χ2v) is 5.94. The molecule has 25 heavy (non-hydrogen) atoms. The Morgan fingerprint density at radius 2 is 2.00 bits per heavy atom. The Bertz CT molecular complexity index is 787. The van der Waals surface area contributed by atoms with Gasteiger partial charge in [-0.2, -0.15) is 5.10 Å². The average Bonchev–Trinajstić information content (AvgIpc) is 3.15. The van der Waals surface area contributed by atoms with Crippen molar-refractivity contribution in [1.82, 2.24) is 14.7 Å². The summed E-state index contributed by atoms with van der Waals surface area (Å²) in [6.07, 6.45) is 1.64. The second kappa shape index (κ2) is 7.16. The van der Waals surface area contributed by atoms with Crippen molar-refractivity contribution in [2.24, 2.45) is 5.92 Å². The Kier molecular flexibility index (Phi) is 4.78. The van der Waals surface area contributed by atoms with E-state index in [1.807, 2.05) is 30.3 Å². The SMILES string of the molecule is O=C(O)Cn1ccc(NC(=O)[C@@H]2CC(=O)N(Cc3ccccc3)C2)n1. The number of likely N-dealkylation sites (tertiary alicyclic amines) is 1. The summed E-state index contributed by atoms with van der Waals surface area (Å²) >= 11 is 0. The van der Waals surface area contributed by atoms with E-state index in [4.69, 9.17) is 5.11 Å². The van der Waals surface area contributed by atoms with Crippen molar-refractivity contribution in [2.75, 3.05) is 11.9 Å². The van der Waals surface area contributed by atoms with Crippen molar-refractivity contribution in [2.45, 2.75) is 19.5 Å². The number of aliphatic carboxylic acids is 1. The van der Waals surface area contributed by atoms with Crippen molar-refractivity contribution in [3.8, 4) is 0 Å². The third-order valence-electron chi connectivity index (χ3n) is 3.99. The van der Waals surface area contributed by atoms with Gasteiger partial charge in [0.2, 0.25) is 11.8 Å². The van der Waals surface area contributed by atoms with Crippen LogP contribution in [0.4, 0.5) is 5.82 Å². The molecule has 0 radical (unpaired) electrons. The van der Waals surface area contributed by atoms with Crippen LogP contribution in [-0.4, -0.2) is 44.1 Å². The van der Waals surface area contributed by atoms with Crippen LogP contribution in [0.3, 0.4) is 0 Å². The lowest BCUT2D eigenvalue weighted by atomic mass is 10.1. The largest absolute Gasteiger partial charge is 0.480 e. The third kappa shape index (κ3) is 4.23. The fraction of sp³-hybridized carbons (Fsp3) is 0.294. The molecule has 3 rings (SSSR count). The van der Waals surface area contributed by atoms with Gasteiger partial charge >= 0.3 is 5.97 Å². The van der Waals surface area contributed by atoms with Crippen LogP contribution in [0.1, 0.15) is 12.0 Å². The van der Waals surface area contributed by atoms with Crippen molar-refractivity contribution >= 4 is 23.6 Å². The summed E-state index contributed by atoms with van der Waals surface area (Å²) in [4.78, 5) is 36.8. The smallest absolute Gasteiger partial charge is 0.325 e. The number of nitrogens with one attached hydrogen (secondary N) is 1. The topological polar surface area (TPSA) is 105 Å². The summed E-state index contributed by atoms with van der Waals surface area (Å²) in [5.41, 5.74) is 1.02. The standard InChI is InChI=1S/C17H18N4O4/c22-15-8-13(10-20(15)9-12-4-2-1-3-5-12)17(25)18-14-6-7-21(19-14)11-16(23)24/h1-7,13H,8-11H2,(H,23,24)(H,18,19,25)/t13-/m1/s1. The minimum Gasteiger partial charge on any atom is -0.480 e. The molecule has 1 aromatic carbocycles.